The molecule has 86 valence electrons. The molecule has 2 aliphatic rings. The van der Waals surface area contributed by atoms with E-state index in [0.29, 0.717) is 5.56 Å². The van der Waals surface area contributed by atoms with E-state index < -0.39 is 5.97 Å². The van der Waals surface area contributed by atoms with Crippen LogP contribution in [0.5, 0.6) is 0 Å². The topological polar surface area (TPSA) is 40.5 Å². The van der Waals surface area contributed by atoms with E-state index in [0.717, 1.165) is 42.9 Å². The maximum absolute atomic E-state index is 11.4. The van der Waals surface area contributed by atoms with Crippen LogP contribution in [0.2, 0.25) is 0 Å². The minimum atomic E-state index is -0.735. The maximum Gasteiger partial charge on any atom is 0.338 e. The number of thiophene rings is 1. The lowest BCUT2D eigenvalue weighted by Crippen LogP contribution is -2.19. The van der Waals surface area contributed by atoms with E-state index in [1.165, 1.54) is 17.7 Å². The van der Waals surface area contributed by atoms with Crippen LogP contribution in [0.15, 0.2) is 0 Å². The Morgan fingerprint density at radius 1 is 1.19 bits per heavy atom. The highest BCUT2D eigenvalue weighted by Gasteiger charge is 2.29. The summed E-state index contributed by atoms with van der Waals surface area (Å²) < 4.78 is 0. The van der Waals surface area contributed by atoms with E-state index in [2.05, 4.69) is 4.90 Å². The molecule has 3 nitrogen and oxygen atoms in total. The number of aryl methyl sites for hydroxylation is 1. The van der Waals surface area contributed by atoms with Crippen LogP contribution in [0, 0.1) is 0 Å². The average molecular weight is 237 g/mol. The van der Waals surface area contributed by atoms with E-state index in [1.807, 2.05) is 0 Å². The van der Waals surface area contributed by atoms with Crippen LogP contribution in [0.25, 0.3) is 0 Å². The third-order valence-corrected chi connectivity index (χ3v) is 4.86. The van der Waals surface area contributed by atoms with Gasteiger partial charge in [-0.05, 0) is 37.7 Å². The second-order valence-corrected chi connectivity index (χ2v) is 5.62. The fourth-order valence-corrected chi connectivity index (χ4v) is 4.18. The lowest BCUT2D eigenvalue weighted by molar-refractivity contribution is 0.0697. The Morgan fingerprint density at radius 2 is 1.94 bits per heavy atom. The summed E-state index contributed by atoms with van der Waals surface area (Å²) in [7, 11) is 0. The quantitative estimate of drug-likeness (QED) is 0.859. The van der Waals surface area contributed by atoms with Gasteiger partial charge >= 0.3 is 5.97 Å². The lowest BCUT2D eigenvalue weighted by atomic mass is 10.1. The van der Waals surface area contributed by atoms with Gasteiger partial charge in [0.05, 0.1) is 5.56 Å². The van der Waals surface area contributed by atoms with Crippen molar-refractivity contribution in [3.8, 4) is 0 Å². The number of nitrogens with zero attached hydrogens (tertiary/aromatic N) is 1. The first kappa shape index (κ1) is 10.1. The van der Waals surface area contributed by atoms with Gasteiger partial charge in [-0.2, -0.15) is 0 Å². The predicted molar refractivity (Wildman–Crippen MR) is 64.8 cm³/mol. The van der Waals surface area contributed by atoms with E-state index in [-0.39, 0.29) is 0 Å². The largest absolute Gasteiger partial charge is 0.478 e. The lowest BCUT2D eigenvalue weighted by Gasteiger charge is -2.16. The minimum Gasteiger partial charge on any atom is -0.478 e. The van der Waals surface area contributed by atoms with Crippen molar-refractivity contribution in [2.75, 3.05) is 18.0 Å². The molecule has 4 heteroatoms. The number of carboxylic acid groups (broad SMARTS) is 1. The molecule has 2 heterocycles. The average Bonchev–Trinajstić information content (AvgIpc) is 2.92. The molecule has 1 fully saturated rings. The van der Waals surface area contributed by atoms with Gasteiger partial charge in [0.1, 0.15) is 5.00 Å². The number of fused-ring (bicyclic) bond motifs is 1. The summed E-state index contributed by atoms with van der Waals surface area (Å²) in [5.74, 6) is -0.735. The highest BCUT2D eigenvalue weighted by atomic mass is 32.1. The van der Waals surface area contributed by atoms with Gasteiger partial charge in [-0.15, -0.1) is 11.3 Å². The number of carbonyl (C=O) groups is 1. The van der Waals surface area contributed by atoms with Gasteiger partial charge in [-0.1, -0.05) is 0 Å². The Morgan fingerprint density at radius 3 is 2.62 bits per heavy atom. The zero-order valence-electron chi connectivity index (χ0n) is 9.16. The van der Waals surface area contributed by atoms with Crippen molar-refractivity contribution in [1.29, 1.82) is 0 Å². The Kier molecular flexibility index (Phi) is 2.39. The Bertz CT molecular complexity index is 432. The molecule has 0 aromatic carbocycles. The molecule has 1 aromatic heterocycles. The third kappa shape index (κ3) is 1.44. The first-order valence-corrected chi connectivity index (χ1v) is 6.72. The summed E-state index contributed by atoms with van der Waals surface area (Å²) in [4.78, 5) is 15.0. The number of hydrogen-bond acceptors (Lipinski definition) is 3. The number of aromatic carboxylic acids is 1. The first-order chi connectivity index (χ1) is 7.77. The second-order valence-electron chi connectivity index (χ2n) is 4.54. The van der Waals surface area contributed by atoms with Gasteiger partial charge < -0.3 is 10.0 Å². The fourth-order valence-electron chi connectivity index (χ4n) is 2.75. The van der Waals surface area contributed by atoms with Crippen molar-refractivity contribution in [2.24, 2.45) is 0 Å². The highest BCUT2D eigenvalue weighted by molar-refractivity contribution is 7.16. The van der Waals surface area contributed by atoms with Crippen molar-refractivity contribution in [2.45, 2.75) is 32.1 Å². The van der Waals surface area contributed by atoms with Crippen molar-refractivity contribution in [3.63, 3.8) is 0 Å². The van der Waals surface area contributed by atoms with Gasteiger partial charge in [0.15, 0.2) is 0 Å². The van der Waals surface area contributed by atoms with Crippen LogP contribution < -0.4 is 4.90 Å². The molecule has 1 aliphatic carbocycles. The molecule has 0 spiro atoms. The molecule has 1 saturated heterocycles. The van der Waals surface area contributed by atoms with Crippen LogP contribution in [-0.4, -0.2) is 24.2 Å². The van der Waals surface area contributed by atoms with Crippen LogP contribution in [-0.2, 0) is 12.8 Å². The summed E-state index contributed by atoms with van der Waals surface area (Å²) in [6.45, 7) is 2.05. The van der Waals surface area contributed by atoms with Gasteiger partial charge in [0, 0.05) is 18.0 Å². The van der Waals surface area contributed by atoms with Gasteiger partial charge in [0.25, 0.3) is 0 Å². The molecule has 1 aromatic rings. The molecule has 0 amide bonds. The molecule has 0 atom stereocenters. The first-order valence-electron chi connectivity index (χ1n) is 5.90. The highest BCUT2D eigenvalue weighted by Crippen LogP contribution is 2.41. The fraction of sp³-hybridized carbons (Fsp3) is 0.583. The van der Waals surface area contributed by atoms with Crippen molar-refractivity contribution in [1.82, 2.24) is 0 Å². The van der Waals surface area contributed by atoms with Crippen LogP contribution in [0.1, 0.15) is 40.1 Å². The zero-order chi connectivity index (χ0) is 11.1. The van der Waals surface area contributed by atoms with Crippen LogP contribution >= 0.6 is 11.3 Å². The van der Waals surface area contributed by atoms with Gasteiger partial charge in [-0.25, -0.2) is 4.79 Å². The smallest absolute Gasteiger partial charge is 0.338 e. The molecule has 1 aliphatic heterocycles. The number of rotatable bonds is 2. The third-order valence-electron chi connectivity index (χ3n) is 3.51. The number of carboxylic acids is 1. The second kappa shape index (κ2) is 3.77. The van der Waals surface area contributed by atoms with Gasteiger partial charge in [-0.3, -0.25) is 0 Å². The molecule has 16 heavy (non-hydrogen) atoms. The SMILES string of the molecule is O=C(O)c1c(N2CCCC2)sc2c1CCC2. The molecule has 0 unspecified atom stereocenters. The minimum absolute atomic E-state index is 0.611. The molecule has 3 rings (SSSR count). The molecular formula is C12H15NO2S. The van der Waals surface area contributed by atoms with Crippen LogP contribution in [0.3, 0.4) is 0 Å². The van der Waals surface area contributed by atoms with Crippen molar-refractivity contribution >= 4 is 22.3 Å². The standard InChI is InChI=1S/C12H15NO2S/c14-12(15)10-8-4-3-5-9(8)16-11(10)13-6-1-2-7-13/h1-7H2,(H,14,15). The summed E-state index contributed by atoms with van der Waals surface area (Å²) >= 11 is 1.72. The summed E-state index contributed by atoms with van der Waals surface area (Å²) in [6.07, 6.45) is 5.56. The van der Waals surface area contributed by atoms with E-state index in [1.54, 1.807) is 11.3 Å². The Labute approximate surface area is 98.7 Å². The predicted octanol–water partition coefficient (Wildman–Crippen LogP) is 2.54. The van der Waals surface area contributed by atoms with Gasteiger partial charge in [0.2, 0.25) is 0 Å². The molecular weight excluding hydrogens is 222 g/mol. The monoisotopic (exact) mass is 237 g/mol. The number of anilines is 1. The van der Waals surface area contributed by atoms with Crippen LogP contribution in [0.4, 0.5) is 5.00 Å². The Balaban J connectivity index is 2.06. The molecule has 1 N–H and O–H groups in total. The molecule has 0 bridgehead atoms. The summed E-state index contributed by atoms with van der Waals surface area (Å²) in [6, 6.07) is 0. The summed E-state index contributed by atoms with van der Waals surface area (Å²) in [5, 5.41) is 10.4. The normalized spacial score (nSPS) is 19.1. The summed E-state index contributed by atoms with van der Waals surface area (Å²) in [5.41, 5.74) is 1.74. The van der Waals surface area contributed by atoms with E-state index in [4.69, 9.17) is 0 Å². The van der Waals surface area contributed by atoms with E-state index in [9.17, 15) is 9.90 Å². The maximum atomic E-state index is 11.4. The van der Waals surface area contributed by atoms with E-state index >= 15 is 0 Å². The molecule has 0 radical (unpaired) electrons. The van der Waals surface area contributed by atoms with Crippen molar-refractivity contribution in [3.05, 3.63) is 16.0 Å². The number of hydrogen-bond donors (Lipinski definition) is 1. The zero-order valence-corrected chi connectivity index (χ0v) is 9.98. The Hall–Kier alpha value is -1.03. The van der Waals surface area contributed by atoms with Crippen molar-refractivity contribution < 1.29 is 9.90 Å². The molecule has 0 saturated carbocycles.